The van der Waals surface area contributed by atoms with Gasteiger partial charge in [0.2, 0.25) is 0 Å². The van der Waals surface area contributed by atoms with Gasteiger partial charge in [0.1, 0.15) is 12.2 Å². The molecule has 5 atom stereocenters. The standard InChI is InChI=1S/C15H19F3O11S2/c1-8-11(26-7-9-4-3-5-10(6-9)15(16,17)18)12(28-30(19,20)21)13(14(25-2)27-8)29-31(22,23)24/h3-6,8,11-14H,7H2,1-2H3,(H,19,20,21)(H,22,23,24)/t8-,11-,12+,13+,14+/m0/s1. The quantitative estimate of drug-likeness (QED) is 0.501. The smallest absolute Gasteiger partial charge is 0.368 e. The second-order valence-corrected chi connectivity index (χ2v) is 8.49. The second-order valence-electron chi connectivity index (χ2n) is 6.40. The van der Waals surface area contributed by atoms with E-state index in [0.717, 1.165) is 25.3 Å². The molecule has 1 aliphatic rings. The predicted octanol–water partition coefficient (Wildman–Crippen LogP) is 1.36. The van der Waals surface area contributed by atoms with Crippen LogP contribution in [0, 0.1) is 0 Å². The summed E-state index contributed by atoms with van der Waals surface area (Å²) in [5, 5.41) is 0. The Hall–Kier alpha value is -1.37. The van der Waals surface area contributed by atoms with Crippen molar-refractivity contribution >= 4 is 20.8 Å². The van der Waals surface area contributed by atoms with Crippen molar-refractivity contribution in [2.45, 2.75) is 50.4 Å². The zero-order chi connectivity index (χ0) is 23.6. The topological polar surface area (TPSA) is 155 Å². The number of methoxy groups -OCH3 is 1. The molecule has 0 aliphatic carbocycles. The van der Waals surface area contributed by atoms with Gasteiger partial charge in [-0.25, -0.2) is 8.37 Å². The maximum absolute atomic E-state index is 12.9. The van der Waals surface area contributed by atoms with E-state index >= 15 is 0 Å². The summed E-state index contributed by atoms with van der Waals surface area (Å²) in [5.41, 5.74) is -0.923. The van der Waals surface area contributed by atoms with E-state index in [1.54, 1.807) is 0 Å². The maximum Gasteiger partial charge on any atom is 0.416 e. The van der Waals surface area contributed by atoms with Gasteiger partial charge in [-0.1, -0.05) is 12.1 Å². The highest BCUT2D eigenvalue weighted by atomic mass is 32.3. The molecule has 0 aromatic heterocycles. The summed E-state index contributed by atoms with van der Waals surface area (Å²) in [6.07, 6.45) is -12.7. The highest BCUT2D eigenvalue weighted by molar-refractivity contribution is 7.81. The van der Waals surface area contributed by atoms with E-state index < -0.39 is 69.9 Å². The highest BCUT2D eigenvalue weighted by Crippen LogP contribution is 2.32. The molecule has 31 heavy (non-hydrogen) atoms. The lowest BCUT2D eigenvalue weighted by atomic mass is 9.99. The minimum absolute atomic E-state index is 0.0359. The minimum atomic E-state index is -5.21. The Kier molecular flexibility index (Phi) is 8.05. The number of hydrogen-bond donors (Lipinski definition) is 2. The first-order valence-corrected chi connectivity index (χ1v) is 11.1. The van der Waals surface area contributed by atoms with Crippen LogP contribution in [0.3, 0.4) is 0 Å². The van der Waals surface area contributed by atoms with Crippen LogP contribution in [0.4, 0.5) is 13.2 Å². The first-order valence-electron chi connectivity index (χ1n) is 8.38. The summed E-state index contributed by atoms with van der Waals surface area (Å²) >= 11 is 0. The summed E-state index contributed by atoms with van der Waals surface area (Å²) in [6.45, 7) is 0.830. The zero-order valence-electron chi connectivity index (χ0n) is 15.9. The van der Waals surface area contributed by atoms with Gasteiger partial charge >= 0.3 is 27.0 Å². The highest BCUT2D eigenvalue weighted by Gasteiger charge is 2.50. The van der Waals surface area contributed by atoms with Gasteiger partial charge in [-0.2, -0.15) is 30.0 Å². The second kappa shape index (κ2) is 9.63. The van der Waals surface area contributed by atoms with E-state index in [2.05, 4.69) is 8.37 Å². The SMILES string of the molecule is CO[C@@H]1O[C@@H](C)[C@H](OCc2cccc(C(F)(F)F)c2)[C@@H](OS(=O)(=O)O)[C@H]1OS(=O)(=O)O. The summed E-state index contributed by atoms with van der Waals surface area (Å²) in [5.74, 6) is 0. The number of halogens is 3. The van der Waals surface area contributed by atoms with Crippen LogP contribution >= 0.6 is 0 Å². The monoisotopic (exact) mass is 496 g/mol. The van der Waals surface area contributed by atoms with Crippen LogP contribution < -0.4 is 0 Å². The Morgan fingerprint density at radius 2 is 1.61 bits per heavy atom. The zero-order valence-corrected chi connectivity index (χ0v) is 17.6. The number of hydrogen-bond acceptors (Lipinski definition) is 9. The molecule has 1 aromatic rings. The largest absolute Gasteiger partial charge is 0.416 e. The van der Waals surface area contributed by atoms with Gasteiger partial charge in [0.25, 0.3) is 0 Å². The molecule has 1 saturated heterocycles. The molecule has 0 unspecified atom stereocenters. The van der Waals surface area contributed by atoms with Crippen LogP contribution in [-0.2, 0) is 56.2 Å². The van der Waals surface area contributed by atoms with Gasteiger partial charge in [0.15, 0.2) is 12.4 Å². The normalized spacial score (nSPS) is 27.9. The lowest BCUT2D eigenvalue weighted by Gasteiger charge is -2.42. The molecule has 0 saturated carbocycles. The summed E-state index contributed by atoms with van der Waals surface area (Å²) in [6, 6.07) is 4.04. The first kappa shape index (κ1) is 25.9. The number of ether oxygens (including phenoxy) is 3. The first-order chi connectivity index (χ1) is 14.1. The Bertz CT molecular complexity index is 965. The Balaban J connectivity index is 2.33. The Morgan fingerprint density at radius 3 is 2.13 bits per heavy atom. The molecule has 1 aliphatic heterocycles. The molecule has 0 radical (unpaired) electrons. The van der Waals surface area contributed by atoms with Crippen LogP contribution in [0.25, 0.3) is 0 Å². The summed E-state index contributed by atoms with van der Waals surface area (Å²) in [7, 11) is -9.34. The molecule has 0 bridgehead atoms. The number of rotatable bonds is 8. The number of benzene rings is 1. The minimum Gasteiger partial charge on any atom is -0.368 e. The van der Waals surface area contributed by atoms with Gasteiger partial charge in [0.05, 0.1) is 18.3 Å². The third kappa shape index (κ3) is 7.62. The van der Waals surface area contributed by atoms with Crippen LogP contribution in [0.2, 0.25) is 0 Å². The molecular weight excluding hydrogens is 477 g/mol. The molecule has 11 nitrogen and oxygen atoms in total. The molecule has 178 valence electrons. The lowest BCUT2D eigenvalue weighted by Crippen LogP contribution is -2.60. The Morgan fingerprint density at radius 1 is 1.03 bits per heavy atom. The van der Waals surface area contributed by atoms with Crippen LogP contribution in [-0.4, -0.2) is 63.8 Å². The van der Waals surface area contributed by atoms with E-state index in [0.29, 0.717) is 0 Å². The molecule has 1 heterocycles. The van der Waals surface area contributed by atoms with Crippen LogP contribution in [0.5, 0.6) is 0 Å². The van der Waals surface area contributed by atoms with Crippen molar-refractivity contribution in [2.24, 2.45) is 0 Å². The maximum atomic E-state index is 12.9. The molecule has 2 N–H and O–H groups in total. The molecular formula is C15H19F3O11S2. The summed E-state index contributed by atoms with van der Waals surface area (Å²) in [4.78, 5) is 0. The van der Waals surface area contributed by atoms with Crippen LogP contribution in [0.15, 0.2) is 24.3 Å². The van der Waals surface area contributed by atoms with Gasteiger partial charge < -0.3 is 14.2 Å². The van der Waals surface area contributed by atoms with E-state index in [-0.39, 0.29) is 5.56 Å². The predicted molar refractivity (Wildman–Crippen MR) is 94.2 cm³/mol. The van der Waals surface area contributed by atoms with E-state index in [1.807, 2.05) is 0 Å². The average Bonchev–Trinajstić information content (AvgIpc) is 2.60. The lowest BCUT2D eigenvalue weighted by molar-refractivity contribution is -0.284. The fourth-order valence-corrected chi connectivity index (χ4v) is 3.90. The van der Waals surface area contributed by atoms with Crippen molar-refractivity contribution in [3.63, 3.8) is 0 Å². The van der Waals surface area contributed by atoms with Crippen molar-refractivity contribution in [3.05, 3.63) is 35.4 Å². The fraction of sp³-hybridized carbons (Fsp3) is 0.600. The molecule has 16 heteroatoms. The van der Waals surface area contributed by atoms with Crippen molar-refractivity contribution in [3.8, 4) is 0 Å². The van der Waals surface area contributed by atoms with Gasteiger partial charge in [-0.3, -0.25) is 9.11 Å². The van der Waals surface area contributed by atoms with Gasteiger partial charge in [0, 0.05) is 7.11 Å². The molecule has 2 rings (SSSR count). The van der Waals surface area contributed by atoms with Gasteiger partial charge in [-0.05, 0) is 24.6 Å². The van der Waals surface area contributed by atoms with E-state index in [4.69, 9.17) is 23.3 Å². The van der Waals surface area contributed by atoms with Gasteiger partial charge in [-0.15, -0.1) is 0 Å². The fourth-order valence-electron chi connectivity index (χ4n) is 2.92. The van der Waals surface area contributed by atoms with Crippen molar-refractivity contribution in [1.82, 2.24) is 0 Å². The average molecular weight is 496 g/mol. The number of alkyl halides is 3. The van der Waals surface area contributed by atoms with Crippen molar-refractivity contribution in [2.75, 3.05) is 7.11 Å². The third-order valence-corrected chi connectivity index (χ3v) is 5.05. The van der Waals surface area contributed by atoms with E-state index in [1.165, 1.54) is 13.0 Å². The van der Waals surface area contributed by atoms with Crippen molar-refractivity contribution in [1.29, 1.82) is 0 Å². The third-order valence-electron chi connectivity index (χ3n) is 4.12. The van der Waals surface area contributed by atoms with Crippen LogP contribution in [0.1, 0.15) is 18.1 Å². The molecule has 1 aromatic carbocycles. The molecule has 0 spiro atoms. The van der Waals surface area contributed by atoms with Crippen molar-refractivity contribution < 1.29 is 61.7 Å². The molecule has 1 fully saturated rings. The Labute approximate surface area is 175 Å². The van der Waals surface area contributed by atoms with E-state index in [9.17, 15) is 30.0 Å². The molecule has 0 amide bonds. The summed E-state index contributed by atoms with van der Waals surface area (Å²) < 4.78 is 126.